The Morgan fingerprint density at radius 1 is 1.09 bits per heavy atom. The van der Waals surface area contributed by atoms with Crippen molar-refractivity contribution in [1.82, 2.24) is 9.47 Å². The Morgan fingerprint density at radius 3 is 2.57 bits per heavy atom. The Labute approximate surface area is 203 Å². The zero-order chi connectivity index (χ0) is 24.9. The third-order valence-corrected chi connectivity index (χ3v) is 7.35. The lowest BCUT2D eigenvalue weighted by Crippen LogP contribution is -2.31. The molecule has 1 aliphatic heterocycles. The van der Waals surface area contributed by atoms with Gasteiger partial charge in [0.1, 0.15) is 17.7 Å². The van der Waals surface area contributed by atoms with Gasteiger partial charge in [-0.05, 0) is 59.5 Å². The predicted molar refractivity (Wildman–Crippen MR) is 131 cm³/mol. The van der Waals surface area contributed by atoms with Gasteiger partial charge in [0, 0.05) is 37.3 Å². The first kappa shape index (κ1) is 22.9. The minimum atomic E-state index is -0.713. The third kappa shape index (κ3) is 4.01. The average molecular weight is 491 g/mol. The molecule has 5 rings (SSSR count). The number of nitrogens with zero attached hydrogens (tertiary/aromatic N) is 3. The highest BCUT2D eigenvalue weighted by atomic mass is 32.1. The largest absolute Gasteiger partial charge is 0.337 e. The fourth-order valence-electron chi connectivity index (χ4n) is 4.43. The van der Waals surface area contributed by atoms with Crippen molar-refractivity contribution in [2.24, 2.45) is 12.8 Å². The topological polar surface area (TPSA) is 92.1 Å². The number of hydrogen-bond donors (Lipinski definition) is 1. The second kappa shape index (κ2) is 8.73. The smallest absolute Gasteiger partial charge is 0.307 e. The van der Waals surface area contributed by atoms with Crippen molar-refractivity contribution in [3.8, 4) is 28.3 Å². The molecule has 176 valence electrons. The Bertz CT molecular complexity index is 1600. The summed E-state index contributed by atoms with van der Waals surface area (Å²) in [5.74, 6) is -1.47. The van der Waals surface area contributed by atoms with E-state index in [0.717, 1.165) is 11.3 Å². The van der Waals surface area contributed by atoms with E-state index in [1.807, 2.05) is 0 Å². The summed E-state index contributed by atoms with van der Waals surface area (Å²) in [5, 5.41) is 9.11. The highest BCUT2D eigenvalue weighted by Gasteiger charge is 2.26. The van der Waals surface area contributed by atoms with E-state index in [4.69, 9.17) is 11.0 Å². The number of likely N-dealkylation sites (tertiary alicyclic amines) is 1. The van der Waals surface area contributed by atoms with Crippen LogP contribution in [-0.2, 0) is 7.05 Å². The van der Waals surface area contributed by atoms with Crippen LogP contribution in [0, 0.1) is 23.0 Å². The van der Waals surface area contributed by atoms with Crippen LogP contribution in [-0.4, -0.2) is 34.5 Å². The first-order valence-corrected chi connectivity index (χ1v) is 11.8. The normalized spacial score (nSPS) is 15.5. The van der Waals surface area contributed by atoms with Crippen molar-refractivity contribution in [2.45, 2.75) is 12.5 Å². The van der Waals surface area contributed by atoms with Crippen LogP contribution >= 0.6 is 11.3 Å². The molecule has 0 radical (unpaired) electrons. The van der Waals surface area contributed by atoms with Crippen LogP contribution in [0.15, 0.2) is 53.3 Å². The summed E-state index contributed by atoms with van der Waals surface area (Å²) >= 11 is 1.00. The lowest BCUT2D eigenvalue weighted by Gasteiger charge is -2.18. The second-order valence-electron chi connectivity index (χ2n) is 8.59. The van der Waals surface area contributed by atoms with Crippen molar-refractivity contribution >= 4 is 27.5 Å². The van der Waals surface area contributed by atoms with Crippen molar-refractivity contribution in [2.75, 3.05) is 13.1 Å². The number of carbonyl (C=O) groups excluding carboxylic acids is 1. The highest BCUT2D eigenvalue weighted by molar-refractivity contribution is 7.16. The van der Waals surface area contributed by atoms with Crippen LogP contribution in [0.3, 0.4) is 0 Å². The van der Waals surface area contributed by atoms with Crippen molar-refractivity contribution in [1.29, 1.82) is 5.26 Å². The van der Waals surface area contributed by atoms with Gasteiger partial charge in [-0.3, -0.25) is 9.59 Å². The first-order chi connectivity index (χ1) is 16.8. The highest BCUT2D eigenvalue weighted by Crippen LogP contribution is 2.37. The van der Waals surface area contributed by atoms with Gasteiger partial charge in [0.05, 0.1) is 15.8 Å². The number of rotatable bonds is 3. The number of halogens is 2. The molecule has 35 heavy (non-hydrogen) atoms. The van der Waals surface area contributed by atoms with Gasteiger partial charge in [-0.25, -0.2) is 8.78 Å². The molecule has 1 aliphatic rings. The van der Waals surface area contributed by atoms with Gasteiger partial charge in [-0.15, -0.1) is 0 Å². The van der Waals surface area contributed by atoms with E-state index in [9.17, 15) is 14.0 Å². The molecule has 0 spiro atoms. The molecule has 0 bridgehead atoms. The maximum absolute atomic E-state index is 15.3. The van der Waals surface area contributed by atoms with Crippen LogP contribution in [0.5, 0.6) is 0 Å². The summed E-state index contributed by atoms with van der Waals surface area (Å²) in [6.07, 6.45) is 0.711. The fourth-order valence-corrected chi connectivity index (χ4v) is 5.33. The predicted octanol–water partition coefficient (Wildman–Crippen LogP) is 4.26. The minimum Gasteiger partial charge on any atom is -0.337 e. The molecule has 1 aromatic heterocycles. The number of hydrogen-bond acceptors (Lipinski definition) is 5. The number of aromatic nitrogens is 1. The number of aryl methyl sites for hydroxylation is 1. The van der Waals surface area contributed by atoms with Crippen molar-refractivity contribution in [3.05, 3.63) is 81.0 Å². The first-order valence-electron chi connectivity index (χ1n) is 10.9. The van der Waals surface area contributed by atoms with Crippen LogP contribution in [0.4, 0.5) is 8.78 Å². The molecule has 4 aromatic rings. The molecule has 0 unspecified atom stereocenters. The van der Waals surface area contributed by atoms with Crippen molar-refractivity contribution in [3.63, 3.8) is 0 Å². The van der Waals surface area contributed by atoms with E-state index < -0.39 is 11.6 Å². The van der Waals surface area contributed by atoms with Gasteiger partial charge in [-0.2, -0.15) is 5.26 Å². The molecular formula is C26H20F2N4O2S. The summed E-state index contributed by atoms with van der Waals surface area (Å²) in [6.45, 7) is 0.987. The lowest BCUT2D eigenvalue weighted by atomic mass is 9.91. The van der Waals surface area contributed by atoms with Crippen LogP contribution in [0.1, 0.15) is 22.3 Å². The van der Waals surface area contributed by atoms with Gasteiger partial charge in [0.25, 0.3) is 5.91 Å². The van der Waals surface area contributed by atoms with E-state index in [1.54, 1.807) is 48.3 Å². The molecule has 9 heteroatoms. The summed E-state index contributed by atoms with van der Waals surface area (Å²) in [6, 6.07) is 13.6. The summed E-state index contributed by atoms with van der Waals surface area (Å²) in [5.41, 5.74) is 8.17. The van der Waals surface area contributed by atoms with Gasteiger partial charge in [0.2, 0.25) is 0 Å². The van der Waals surface area contributed by atoms with Crippen LogP contribution in [0.2, 0.25) is 0 Å². The van der Waals surface area contributed by atoms with E-state index in [0.29, 0.717) is 52.0 Å². The van der Waals surface area contributed by atoms with E-state index in [-0.39, 0.29) is 27.9 Å². The summed E-state index contributed by atoms with van der Waals surface area (Å²) in [4.78, 5) is 26.7. The monoisotopic (exact) mass is 490 g/mol. The number of nitriles is 1. The number of benzene rings is 3. The van der Waals surface area contributed by atoms with E-state index in [1.165, 1.54) is 22.8 Å². The number of amides is 1. The standard InChI is InChI=1S/C26H20F2N4O2S/c1-31-23-11-22(28)20(10-24(23)35-26(31)34)18-5-4-15(25(33)32-7-6-17(30)13-32)8-19(18)14-2-3-16(12-29)21(27)9-14/h2-5,8-11,17H,6-7,13,30H2,1H3/t17-/m0/s1. The molecule has 2 N–H and O–H groups in total. The van der Waals surface area contributed by atoms with Gasteiger partial charge in [0.15, 0.2) is 0 Å². The zero-order valence-corrected chi connectivity index (χ0v) is 19.5. The van der Waals surface area contributed by atoms with E-state index >= 15 is 4.39 Å². The summed E-state index contributed by atoms with van der Waals surface area (Å²) in [7, 11) is 1.58. The molecule has 1 saturated heterocycles. The van der Waals surface area contributed by atoms with E-state index in [2.05, 4.69) is 0 Å². The molecule has 0 saturated carbocycles. The SMILES string of the molecule is Cn1c(=O)sc2cc(-c3ccc(C(=O)N4CC[C@H](N)C4)cc3-c3ccc(C#N)c(F)c3)c(F)cc21. The molecule has 0 aliphatic carbocycles. The molecule has 1 atom stereocenters. The number of nitrogens with two attached hydrogens (primary N) is 1. The Hall–Kier alpha value is -3.87. The van der Waals surface area contributed by atoms with Gasteiger partial charge < -0.3 is 15.2 Å². The van der Waals surface area contributed by atoms with Gasteiger partial charge in [-0.1, -0.05) is 23.5 Å². The molecule has 1 fully saturated rings. The molecule has 6 nitrogen and oxygen atoms in total. The molecule has 3 aromatic carbocycles. The number of fused-ring (bicyclic) bond motifs is 1. The number of carbonyl (C=O) groups is 1. The average Bonchev–Trinajstić information content (AvgIpc) is 3.40. The maximum Gasteiger partial charge on any atom is 0.307 e. The quantitative estimate of drug-likeness (QED) is 0.465. The van der Waals surface area contributed by atoms with Crippen LogP contribution in [0.25, 0.3) is 32.5 Å². The molecular weight excluding hydrogens is 470 g/mol. The van der Waals surface area contributed by atoms with Gasteiger partial charge >= 0.3 is 4.87 Å². The number of thiazole rings is 1. The second-order valence-corrected chi connectivity index (χ2v) is 9.59. The minimum absolute atomic E-state index is 0.0795. The fraction of sp³-hybridized carbons (Fsp3) is 0.192. The Balaban J connectivity index is 1.70. The lowest BCUT2D eigenvalue weighted by molar-refractivity contribution is 0.0791. The zero-order valence-electron chi connectivity index (χ0n) is 18.7. The summed E-state index contributed by atoms with van der Waals surface area (Å²) < 4.78 is 31.8. The van der Waals surface area contributed by atoms with Crippen LogP contribution < -0.4 is 10.6 Å². The Kier molecular flexibility index (Phi) is 5.71. The maximum atomic E-state index is 15.3. The Morgan fingerprint density at radius 2 is 1.89 bits per heavy atom. The molecule has 2 heterocycles. The molecule has 1 amide bonds. The van der Waals surface area contributed by atoms with Crippen molar-refractivity contribution < 1.29 is 13.6 Å². The third-order valence-electron chi connectivity index (χ3n) is 6.35.